The zero-order valence-electron chi connectivity index (χ0n) is 23.2. The van der Waals surface area contributed by atoms with E-state index in [1.165, 1.54) is 0 Å². The van der Waals surface area contributed by atoms with Crippen molar-refractivity contribution < 1.29 is 29.0 Å². The third-order valence-electron chi connectivity index (χ3n) is 6.96. The number of hydrogen-bond acceptors (Lipinski definition) is 5. The Morgan fingerprint density at radius 1 is 0.810 bits per heavy atom. The average molecular weight is 567 g/mol. The van der Waals surface area contributed by atoms with Crippen molar-refractivity contribution in [2.45, 2.75) is 50.7 Å². The van der Waals surface area contributed by atoms with Gasteiger partial charge in [-0.05, 0) is 52.8 Å². The maximum atomic E-state index is 13.4. The Labute approximate surface area is 244 Å². The molecular weight excluding hydrogens is 532 g/mol. The lowest BCUT2D eigenvalue weighted by molar-refractivity contribution is -0.153. The van der Waals surface area contributed by atoms with Crippen LogP contribution in [0.25, 0.3) is 10.8 Å². The van der Waals surface area contributed by atoms with Crippen LogP contribution in [0.15, 0.2) is 97.1 Å². The fraction of sp³-hybridized carbons (Fsp3) is 0.235. The Bertz CT molecular complexity index is 1550. The summed E-state index contributed by atoms with van der Waals surface area (Å²) in [4.78, 5) is 49.9. The van der Waals surface area contributed by atoms with Crippen molar-refractivity contribution >= 4 is 34.5 Å². The minimum absolute atomic E-state index is 0.0526. The number of amides is 2. The number of carboxylic acids is 1. The number of carbonyl (C=O) groups excluding carboxylic acids is 3. The molecule has 0 aliphatic heterocycles. The molecule has 42 heavy (non-hydrogen) atoms. The van der Waals surface area contributed by atoms with Crippen LogP contribution in [-0.4, -0.2) is 41.0 Å². The van der Waals surface area contributed by atoms with Crippen LogP contribution >= 0.6 is 0 Å². The van der Waals surface area contributed by atoms with Crippen LogP contribution in [0.4, 0.5) is 0 Å². The maximum absolute atomic E-state index is 13.4. The zero-order valence-corrected chi connectivity index (χ0v) is 23.2. The monoisotopic (exact) mass is 566 g/mol. The van der Waals surface area contributed by atoms with Crippen molar-refractivity contribution in [3.8, 4) is 0 Å². The second kappa shape index (κ2) is 14.6. The summed E-state index contributed by atoms with van der Waals surface area (Å²) < 4.78 is 5.76. The highest BCUT2D eigenvalue weighted by atomic mass is 16.5. The number of esters is 1. The van der Waals surface area contributed by atoms with E-state index in [0.29, 0.717) is 12.0 Å². The van der Waals surface area contributed by atoms with Crippen molar-refractivity contribution in [2.24, 2.45) is 5.73 Å². The zero-order chi connectivity index (χ0) is 29.9. The van der Waals surface area contributed by atoms with Gasteiger partial charge in [-0.15, -0.1) is 0 Å². The molecule has 0 unspecified atom stereocenters. The number of carbonyl (C=O) groups is 4. The standard InChI is InChI=1S/C34H34N2O6/c35-31(37)22-28(21-24-17-18-25-11-4-5-12-26(25)20-24)42-34(41)30(15-8-16-32(38)39)36-33(40)29-14-7-6-13-27(29)19-23-9-2-1-3-10-23/h1-7,9-14,17-18,20,28,30H,8,15-16,19,21-22H2,(H2,35,37)(H,36,40)(H,38,39)/t28-,30-/m0/s1. The summed E-state index contributed by atoms with van der Waals surface area (Å²) >= 11 is 0. The van der Waals surface area contributed by atoms with E-state index in [0.717, 1.165) is 27.5 Å². The number of ether oxygens (including phenoxy) is 1. The molecule has 0 radical (unpaired) electrons. The number of carboxylic acid groups (broad SMARTS) is 1. The fourth-order valence-electron chi connectivity index (χ4n) is 4.91. The number of nitrogens with one attached hydrogen (secondary N) is 1. The van der Waals surface area contributed by atoms with Gasteiger partial charge in [0.1, 0.15) is 12.1 Å². The van der Waals surface area contributed by atoms with Gasteiger partial charge in [0.2, 0.25) is 5.91 Å². The molecule has 0 heterocycles. The Morgan fingerprint density at radius 3 is 2.24 bits per heavy atom. The van der Waals surface area contributed by atoms with E-state index < -0.39 is 35.9 Å². The van der Waals surface area contributed by atoms with Gasteiger partial charge in [0.05, 0.1) is 6.42 Å². The highest BCUT2D eigenvalue weighted by Gasteiger charge is 2.27. The van der Waals surface area contributed by atoms with E-state index in [9.17, 15) is 19.2 Å². The third-order valence-corrected chi connectivity index (χ3v) is 6.96. The van der Waals surface area contributed by atoms with Crippen molar-refractivity contribution in [3.63, 3.8) is 0 Å². The molecule has 4 rings (SSSR count). The van der Waals surface area contributed by atoms with E-state index in [-0.39, 0.29) is 32.1 Å². The molecule has 8 nitrogen and oxygen atoms in total. The van der Waals surface area contributed by atoms with Crippen molar-refractivity contribution in [1.29, 1.82) is 0 Å². The number of nitrogens with two attached hydrogens (primary N) is 1. The Hall–Kier alpha value is -4.98. The van der Waals surface area contributed by atoms with E-state index in [1.54, 1.807) is 12.1 Å². The first-order chi connectivity index (χ1) is 20.3. The highest BCUT2D eigenvalue weighted by Crippen LogP contribution is 2.20. The molecule has 0 fully saturated rings. The van der Waals surface area contributed by atoms with Crippen LogP contribution in [0, 0.1) is 0 Å². The lowest BCUT2D eigenvalue weighted by Crippen LogP contribution is -2.44. The molecule has 4 N–H and O–H groups in total. The summed E-state index contributed by atoms with van der Waals surface area (Å²) in [6, 6.07) is 29.4. The van der Waals surface area contributed by atoms with E-state index in [2.05, 4.69) is 5.32 Å². The molecule has 8 heteroatoms. The normalized spacial score (nSPS) is 12.3. The summed E-state index contributed by atoms with van der Waals surface area (Å²) in [6.07, 6.45) is -0.274. The first-order valence-corrected chi connectivity index (χ1v) is 13.9. The molecule has 0 saturated heterocycles. The maximum Gasteiger partial charge on any atom is 0.328 e. The largest absolute Gasteiger partial charge is 0.481 e. The summed E-state index contributed by atoms with van der Waals surface area (Å²) in [6.45, 7) is 0. The lowest BCUT2D eigenvalue weighted by atomic mass is 9.98. The van der Waals surface area contributed by atoms with E-state index in [1.807, 2.05) is 84.9 Å². The van der Waals surface area contributed by atoms with Gasteiger partial charge in [-0.25, -0.2) is 4.79 Å². The average Bonchev–Trinajstić information content (AvgIpc) is 2.96. The first kappa shape index (κ1) is 30.0. The van der Waals surface area contributed by atoms with E-state index in [4.69, 9.17) is 15.6 Å². The Morgan fingerprint density at radius 2 is 1.50 bits per heavy atom. The van der Waals surface area contributed by atoms with Gasteiger partial charge >= 0.3 is 11.9 Å². The lowest BCUT2D eigenvalue weighted by Gasteiger charge is -2.23. The molecule has 0 saturated carbocycles. The van der Waals surface area contributed by atoms with Crippen molar-refractivity contribution in [2.75, 3.05) is 0 Å². The van der Waals surface area contributed by atoms with Gasteiger partial charge in [-0.2, -0.15) is 0 Å². The van der Waals surface area contributed by atoms with Crippen LogP contribution in [0.2, 0.25) is 0 Å². The number of aliphatic carboxylic acids is 1. The molecule has 0 aliphatic carbocycles. The highest BCUT2D eigenvalue weighted by molar-refractivity contribution is 5.98. The molecule has 216 valence electrons. The predicted molar refractivity (Wildman–Crippen MR) is 160 cm³/mol. The molecule has 0 spiro atoms. The minimum atomic E-state index is -1.12. The summed E-state index contributed by atoms with van der Waals surface area (Å²) in [5.74, 6) is -2.86. The molecule has 0 aliphatic rings. The van der Waals surface area contributed by atoms with Gasteiger partial charge < -0.3 is 20.9 Å². The molecule has 4 aromatic rings. The summed E-state index contributed by atoms with van der Waals surface area (Å²) in [5.41, 5.74) is 8.54. The number of rotatable bonds is 14. The van der Waals surface area contributed by atoms with Crippen LogP contribution in [0.1, 0.15) is 52.7 Å². The van der Waals surface area contributed by atoms with Crippen LogP contribution in [-0.2, 0) is 32.0 Å². The van der Waals surface area contributed by atoms with Gasteiger partial charge in [0, 0.05) is 18.4 Å². The van der Waals surface area contributed by atoms with Crippen LogP contribution in [0.3, 0.4) is 0 Å². The summed E-state index contributed by atoms with van der Waals surface area (Å²) in [5, 5.41) is 13.9. The third kappa shape index (κ3) is 8.76. The van der Waals surface area contributed by atoms with Gasteiger partial charge in [-0.3, -0.25) is 14.4 Å². The SMILES string of the molecule is NC(=O)C[C@H](Cc1ccc2ccccc2c1)OC(=O)[C@H](CCCC(=O)O)NC(=O)c1ccccc1Cc1ccccc1. The molecule has 4 aromatic carbocycles. The smallest absolute Gasteiger partial charge is 0.328 e. The Kier molecular flexibility index (Phi) is 10.4. The number of primary amides is 1. The number of hydrogen-bond donors (Lipinski definition) is 3. The quantitative estimate of drug-likeness (QED) is 0.187. The topological polar surface area (TPSA) is 136 Å². The minimum Gasteiger partial charge on any atom is -0.481 e. The van der Waals surface area contributed by atoms with Gasteiger partial charge in [-0.1, -0.05) is 91.0 Å². The molecule has 0 bridgehead atoms. The van der Waals surface area contributed by atoms with E-state index >= 15 is 0 Å². The molecule has 2 amide bonds. The van der Waals surface area contributed by atoms with Crippen LogP contribution in [0.5, 0.6) is 0 Å². The second-order valence-corrected chi connectivity index (χ2v) is 10.2. The number of fused-ring (bicyclic) bond motifs is 1. The Balaban J connectivity index is 1.51. The fourth-order valence-corrected chi connectivity index (χ4v) is 4.91. The second-order valence-electron chi connectivity index (χ2n) is 10.2. The number of benzene rings is 4. The molecular formula is C34H34N2O6. The summed E-state index contributed by atoms with van der Waals surface area (Å²) in [7, 11) is 0. The van der Waals surface area contributed by atoms with Crippen molar-refractivity contribution in [3.05, 3.63) is 119 Å². The molecule has 2 atom stereocenters. The van der Waals surface area contributed by atoms with Gasteiger partial charge in [0.15, 0.2) is 0 Å². The predicted octanol–water partition coefficient (Wildman–Crippen LogP) is 4.81. The first-order valence-electron chi connectivity index (χ1n) is 13.9. The molecule has 0 aromatic heterocycles. The van der Waals surface area contributed by atoms with Crippen LogP contribution < -0.4 is 11.1 Å². The van der Waals surface area contributed by atoms with Gasteiger partial charge in [0.25, 0.3) is 5.91 Å². The van der Waals surface area contributed by atoms with Crippen molar-refractivity contribution in [1.82, 2.24) is 5.32 Å².